The molecule has 0 aliphatic rings. The van der Waals surface area contributed by atoms with Crippen molar-refractivity contribution >= 4 is 11.7 Å². The van der Waals surface area contributed by atoms with E-state index < -0.39 is 5.82 Å². The predicted octanol–water partition coefficient (Wildman–Crippen LogP) is 2.01. The van der Waals surface area contributed by atoms with Gasteiger partial charge in [-0.25, -0.2) is 9.18 Å². The topological polar surface area (TPSA) is 58.4 Å². The highest BCUT2D eigenvalue weighted by Gasteiger charge is 2.11. The Morgan fingerprint density at radius 2 is 2.11 bits per heavy atom. The van der Waals surface area contributed by atoms with Gasteiger partial charge < -0.3 is 16.0 Å². The van der Waals surface area contributed by atoms with Crippen LogP contribution in [0.15, 0.2) is 18.2 Å². The molecule has 0 saturated carbocycles. The Morgan fingerprint density at radius 1 is 1.42 bits per heavy atom. The molecule has 0 fully saturated rings. The summed E-state index contributed by atoms with van der Waals surface area (Å²) in [5.41, 5.74) is 6.20. The number of benzene rings is 1. The summed E-state index contributed by atoms with van der Waals surface area (Å²) in [5, 5.41) is 2.73. The van der Waals surface area contributed by atoms with E-state index in [0.29, 0.717) is 24.3 Å². The lowest BCUT2D eigenvalue weighted by Crippen LogP contribution is -2.34. The van der Waals surface area contributed by atoms with E-state index in [2.05, 4.69) is 17.2 Å². The molecule has 0 heterocycles. The molecule has 3 N–H and O–H groups in total. The maximum absolute atomic E-state index is 13.2. The van der Waals surface area contributed by atoms with Gasteiger partial charge in [0, 0.05) is 13.1 Å². The minimum Gasteiger partial charge on any atom is -0.325 e. The van der Waals surface area contributed by atoms with E-state index in [-0.39, 0.29) is 12.6 Å². The molecule has 0 atom stereocenters. The summed E-state index contributed by atoms with van der Waals surface area (Å²) in [6, 6.07) is 3.83. The van der Waals surface area contributed by atoms with Crippen LogP contribution in [0.25, 0.3) is 0 Å². The van der Waals surface area contributed by atoms with E-state index in [1.807, 2.05) is 13.8 Å². The fraction of sp³-hybridized carbons (Fsp3) is 0.357. The van der Waals surface area contributed by atoms with Gasteiger partial charge in [0.05, 0.1) is 17.8 Å². The van der Waals surface area contributed by atoms with Gasteiger partial charge in [-0.05, 0) is 32.0 Å². The molecule has 1 aromatic carbocycles. The van der Waals surface area contributed by atoms with Crippen LogP contribution in [0.1, 0.15) is 19.4 Å². The van der Waals surface area contributed by atoms with E-state index in [0.717, 1.165) is 0 Å². The van der Waals surface area contributed by atoms with Crippen LogP contribution in [0.3, 0.4) is 0 Å². The highest BCUT2D eigenvalue weighted by atomic mass is 19.1. The maximum Gasteiger partial charge on any atom is 0.321 e. The summed E-state index contributed by atoms with van der Waals surface area (Å²) in [6.45, 7) is 5.17. The van der Waals surface area contributed by atoms with Crippen molar-refractivity contribution in [1.82, 2.24) is 4.90 Å². The number of amides is 2. The van der Waals surface area contributed by atoms with Crippen molar-refractivity contribution in [2.45, 2.75) is 13.8 Å². The van der Waals surface area contributed by atoms with Crippen molar-refractivity contribution in [2.75, 3.05) is 25.0 Å². The second kappa shape index (κ2) is 7.39. The smallest absolute Gasteiger partial charge is 0.321 e. The van der Waals surface area contributed by atoms with Gasteiger partial charge in [0.15, 0.2) is 0 Å². The number of anilines is 1. The zero-order valence-electron chi connectivity index (χ0n) is 11.2. The summed E-state index contributed by atoms with van der Waals surface area (Å²) in [4.78, 5) is 13.6. The van der Waals surface area contributed by atoms with Crippen molar-refractivity contribution < 1.29 is 9.18 Å². The average Bonchev–Trinajstić information content (AvgIpc) is 2.40. The molecule has 102 valence electrons. The number of nitrogens with two attached hydrogens (primary N) is 1. The maximum atomic E-state index is 13.2. The predicted molar refractivity (Wildman–Crippen MR) is 74.3 cm³/mol. The molecular formula is C14H18FN3O. The molecule has 0 aliphatic heterocycles. The van der Waals surface area contributed by atoms with E-state index in [9.17, 15) is 9.18 Å². The van der Waals surface area contributed by atoms with Crippen LogP contribution >= 0.6 is 0 Å². The molecule has 1 aromatic rings. The first kappa shape index (κ1) is 15.0. The molecule has 19 heavy (non-hydrogen) atoms. The Labute approximate surface area is 112 Å². The third kappa shape index (κ3) is 4.27. The number of nitrogens with one attached hydrogen (secondary N) is 1. The van der Waals surface area contributed by atoms with Gasteiger partial charge >= 0.3 is 6.03 Å². The quantitative estimate of drug-likeness (QED) is 0.820. The van der Waals surface area contributed by atoms with Crippen LogP contribution in [0.5, 0.6) is 0 Å². The normalized spacial score (nSPS) is 9.47. The molecule has 5 heteroatoms. The van der Waals surface area contributed by atoms with Crippen LogP contribution < -0.4 is 11.1 Å². The van der Waals surface area contributed by atoms with Crippen molar-refractivity contribution in [3.05, 3.63) is 29.6 Å². The molecule has 0 unspecified atom stereocenters. The van der Waals surface area contributed by atoms with Crippen molar-refractivity contribution in [1.29, 1.82) is 0 Å². The highest BCUT2D eigenvalue weighted by Crippen LogP contribution is 2.16. The van der Waals surface area contributed by atoms with Gasteiger partial charge in [0.25, 0.3) is 0 Å². The fourth-order valence-corrected chi connectivity index (χ4v) is 1.58. The molecule has 4 nitrogen and oxygen atoms in total. The molecule has 0 aliphatic carbocycles. The van der Waals surface area contributed by atoms with Gasteiger partial charge in [0.2, 0.25) is 0 Å². The van der Waals surface area contributed by atoms with Gasteiger partial charge in [0.1, 0.15) is 5.82 Å². The van der Waals surface area contributed by atoms with E-state index in [4.69, 9.17) is 5.73 Å². The first-order valence-corrected chi connectivity index (χ1v) is 6.16. The Hall–Kier alpha value is -2.06. The molecule has 0 spiro atoms. The zero-order chi connectivity index (χ0) is 14.3. The average molecular weight is 263 g/mol. The van der Waals surface area contributed by atoms with Crippen LogP contribution in [-0.4, -0.2) is 30.6 Å². The number of carbonyl (C=O) groups is 1. The standard InChI is InChI=1S/C14H18FN3O/c1-3-18(4-2)14(19)17-13-8-7-12(15)10-11(13)6-5-9-16/h7-8,10H,3-4,9,16H2,1-2H3,(H,17,19). The van der Waals surface area contributed by atoms with Gasteiger partial charge in [-0.15, -0.1) is 0 Å². The number of hydrogen-bond donors (Lipinski definition) is 2. The monoisotopic (exact) mass is 263 g/mol. The number of carbonyl (C=O) groups excluding carboxylic acids is 1. The van der Waals surface area contributed by atoms with E-state index in [1.54, 1.807) is 4.90 Å². The summed E-state index contributed by atoms with van der Waals surface area (Å²) >= 11 is 0. The summed E-state index contributed by atoms with van der Waals surface area (Å²) in [7, 11) is 0. The van der Waals surface area contributed by atoms with Crippen LogP contribution in [-0.2, 0) is 0 Å². The first-order chi connectivity index (χ1) is 9.12. The van der Waals surface area contributed by atoms with Crippen LogP contribution in [0, 0.1) is 17.7 Å². The Bertz CT molecular complexity index is 501. The Morgan fingerprint density at radius 3 is 2.68 bits per heavy atom. The molecule has 0 radical (unpaired) electrons. The lowest BCUT2D eigenvalue weighted by molar-refractivity contribution is 0.217. The third-order valence-electron chi connectivity index (χ3n) is 2.60. The van der Waals surface area contributed by atoms with E-state index in [1.165, 1.54) is 18.2 Å². The van der Waals surface area contributed by atoms with Gasteiger partial charge in [-0.1, -0.05) is 11.8 Å². The molecule has 1 rings (SSSR count). The first-order valence-electron chi connectivity index (χ1n) is 6.16. The third-order valence-corrected chi connectivity index (χ3v) is 2.60. The summed E-state index contributed by atoms with van der Waals surface area (Å²) in [6.07, 6.45) is 0. The zero-order valence-corrected chi connectivity index (χ0v) is 11.2. The molecule has 0 saturated heterocycles. The number of urea groups is 1. The minimum atomic E-state index is -0.401. The SMILES string of the molecule is CCN(CC)C(=O)Nc1ccc(F)cc1C#CCN. The largest absolute Gasteiger partial charge is 0.325 e. The number of hydrogen-bond acceptors (Lipinski definition) is 2. The Balaban J connectivity index is 2.97. The molecule has 2 amide bonds. The molecule has 0 bridgehead atoms. The lowest BCUT2D eigenvalue weighted by atomic mass is 10.1. The van der Waals surface area contributed by atoms with Crippen LogP contribution in [0.4, 0.5) is 14.9 Å². The number of rotatable bonds is 3. The van der Waals surface area contributed by atoms with Crippen molar-refractivity contribution in [3.63, 3.8) is 0 Å². The van der Waals surface area contributed by atoms with Gasteiger partial charge in [-0.2, -0.15) is 0 Å². The van der Waals surface area contributed by atoms with Crippen LogP contribution in [0.2, 0.25) is 0 Å². The van der Waals surface area contributed by atoms with E-state index >= 15 is 0 Å². The fourth-order valence-electron chi connectivity index (χ4n) is 1.58. The number of halogens is 1. The second-order valence-corrected chi connectivity index (χ2v) is 3.80. The Kier molecular flexibility index (Phi) is 5.83. The molecule has 0 aromatic heterocycles. The second-order valence-electron chi connectivity index (χ2n) is 3.80. The van der Waals surface area contributed by atoms with Crippen molar-refractivity contribution in [2.24, 2.45) is 5.73 Å². The lowest BCUT2D eigenvalue weighted by Gasteiger charge is -2.19. The molecular weight excluding hydrogens is 245 g/mol. The number of nitrogens with zero attached hydrogens (tertiary/aromatic N) is 1. The van der Waals surface area contributed by atoms with Crippen molar-refractivity contribution in [3.8, 4) is 11.8 Å². The highest BCUT2D eigenvalue weighted by molar-refractivity contribution is 5.90. The van der Waals surface area contributed by atoms with Gasteiger partial charge in [-0.3, -0.25) is 0 Å². The summed E-state index contributed by atoms with van der Waals surface area (Å²) in [5.74, 6) is 4.99. The summed E-state index contributed by atoms with van der Waals surface area (Å²) < 4.78 is 13.2. The minimum absolute atomic E-state index is 0.181.